The van der Waals surface area contributed by atoms with Crippen molar-refractivity contribution in [2.45, 2.75) is 44.1 Å². The first-order valence-electron chi connectivity index (χ1n) is 9.36. The number of rotatable bonds is 10. The highest BCUT2D eigenvalue weighted by atomic mass is 16.7. The number of hydrogen-bond donors (Lipinski definition) is 1. The summed E-state index contributed by atoms with van der Waals surface area (Å²) in [7, 11) is 1.61. The van der Waals surface area contributed by atoms with Crippen LogP contribution in [0.15, 0.2) is 60.7 Å². The zero-order valence-corrected chi connectivity index (χ0v) is 15.8. The van der Waals surface area contributed by atoms with E-state index in [4.69, 9.17) is 18.9 Å². The second-order valence-corrected chi connectivity index (χ2v) is 6.78. The van der Waals surface area contributed by atoms with Crippen molar-refractivity contribution in [3.05, 3.63) is 71.8 Å². The van der Waals surface area contributed by atoms with Gasteiger partial charge in [0.2, 0.25) is 0 Å². The van der Waals surface area contributed by atoms with E-state index in [2.05, 4.69) is 0 Å². The molecule has 1 aliphatic heterocycles. The third kappa shape index (κ3) is 5.61. The molecule has 0 bridgehead atoms. The van der Waals surface area contributed by atoms with Gasteiger partial charge in [-0.05, 0) is 11.1 Å². The molecule has 0 amide bonds. The van der Waals surface area contributed by atoms with Gasteiger partial charge in [0.15, 0.2) is 5.79 Å². The van der Waals surface area contributed by atoms with E-state index >= 15 is 0 Å². The molecular weight excluding hydrogens is 344 g/mol. The Hall–Kier alpha value is -1.76. The smallest absolute Gasteiger partial charge is 0.173 e. The van der Waals surface area contributed by atoms with Crippen molar-refractivity contribution < 1.29 is 24.1 Å². The SMILES string of the molecule is CO[C@]1(CCO)C[C@H](OCc2ccccc2)[C@@H](COCc2ccccc2)O1. The van der Waals surface area contributed by atoms with Crippen LogP contribution in [0.25, 0.3) is 0 Å². The molecule has 3 atom stereocenters. The first-order chi connectivity index (χ1) is 13.2. The molecule has 0 aliphatic carbocycles. The van der Waals surface area contributed by atoms with Gasteiger partial charge in [-0.25, -0.2) is 0 Å². The van der Waals surface area contributed by atoms with E-state index in [-0.39, 0.29) is 18.8 Å². The van der Waals surface area contributed by atoms with Gasteiger partial charge in [0.05, 0.1) is 25.9 Å². The van der Waals surface area contributed by atoms with Gasteiger partial charge >= 0.3 is 0 Å². The summed E-state index contributed by atoms with van der Waals surface area (Å²) in [4.78, 5) is 0. The first kappa shape index (κ1) is 20.0. The zero-order valence-electron chi connectivity index (χ0n) is 15.8. The molecule has 0 saturated carbocycles. The second-order valence-electron chi connectivity index (χ2n) is 6.78. The molecule has 27 heavy (non-hydrogen) atoms. The maximum atomic E-state index is 9.40. The van der Waals surface area contributed by atoms with Gasteiger partial charge in [-0.1, -0.05) is 60.7 Å². The predicted molar refractivity (Wildman–Crippen MR) is 102 cm³/mol. The molecule has 1 N–H and O–H groups in total. The fraction of sp³-hybridized carbons (Fsp3) is 0.455. The van der Waals surface area contributed by atoms with Crippen molar-refractivity contribution >= 4 is 0 Å². The fourth-order valence-corrected chi connectivity index (χ4v) is 3.35. The van der Waals surface area contributed by atoms with E-state index < -0.39 is 5.79 Å². The topological polar surface area (TPSA) is 57.2 Å². The van der Waals surface area contributed by atoms with Gasteiger partial charge in [-0.15, -0.1) is 0 Å². The molecule has 146 valence electrons. The average molecular weight is 372 g/mol. The summed E-state index contributed by atoms with van der Waals surface area (Å²) in [6.45, 7) is 1.43. The molecular formula is C22H28O5. The van der Waals surface area contributed by atoms with Crippen molar-refractivity contribution in [1.29, 1.82) is 0 Å². The minimum atomic E-state index is -0.823. The van der Waals surface area contributed by atoms with Gasteiger partial charge in [-0.2, -0.15) is 0 Å². The van der Waals surface area contributed by atoms with Gasteiger partial charge in [-0.3, -0.25) is 0 Å². The third-order valence-corrected chi connectivity index (χ3v) is 4.86. The molecule has 2 aromatic carbocycles. The molecule has 0 unspecified atom stereocenters. The molecule has 1 aliphatic rings. The average Bonchev–Trinajstić information content (AvgIpc) is 3.06. The lowest BCUT2D eigenvalue weighted by Crippen LogP contribution is -2.33. The van der Waals surface area contributed by atoms with E-state index in [1.807, 2.05) is 60.7 Å². The summed E-state index contributed by atoms with van der Waals surface area (Å²) < 4.78 is 23.8. The highest BCUT2D eigenvalue weighted by Gasteiger charge is 2.47. The summed E-state index contributed by atoms with van der Waals surface area (Å²) in [5, 5.41) is 9.40. The van der Waals surface area contributed by atoms with Gasteiger partial charge < -0.3 is 24.1 Å². The normalized spacial score (nSPS) is 25.0. The number of benzene rings is 2. The van der Waals surface area contributed by atoms with Gasteiger partial charge in [0.25, 0.3) is 0 Å². The summed E-state index contributed by atoms with van der Waals surface area (Å²) in [6, 6.07) is 20.1. The molecule has 1 fully saturated rings. The van der Waals surface area contributed by atoms with Crippen molar-refractivity contribution in [1.82, 2.24) is 0 Å². The minimum absolute atomic E-state index is 0.00314. The lowest BCUT2D eigenvalue weighted by Gasteiger charge is -2.26. The number of ether oxygens (including phenoxy) is 4. The Kier molecular flexibility index (Phi) is 7.38. The highest BCUT2D eigenvalue weighted by Crippen LogP contribution is 2.36. The van der Waals surface area contributed by atoms with E-state index in [0.29, 0.717) is 32.7 Å². The number of aliphatic hydroxyl groups is 1. The van der Waals surface area contributed by atoms with Crippen molar-refractivity contribution in [3.63, 3.8) is 0 Å². The van der Waals surface area contributed by atoms with Crippen LogP contribution in [0, 0.1) is 0 Å². The molecule has 0 spiro atoms. The molecule has 3 rings (SSSR count). The van der Waals surface area contributed by atoms with Crippen LogP contribution in [0.1, 0.15) is 24.0 Å². The molecule has 5 heteroatoms. The Morgan fingerprint density at radius 1 is 1.00 bits per heavy atom. The van der Waals surface area contributed by atoms with E-state index in [9.17, 15) is 5.11 Å². The van der Waals surface area contributed by atoms with Crippen LogP contribution >= 0.6 is 0 Å². The van der Waals surface area contributed by atoms with Crippen LogP contribution in [-0.2, 0) is 32.2 Å². The van der Waals surface area contributed by atoms with E-state index in [1.165, 1.54) is 0 Å². The Labute approximate surface area is 160 Å². The molecule has 0 radical (unpaired) electrons. The molecule has 2 aromatic rings. The lowest BCUT2D eigenvalue weighted by molar-refractivity contribution is -0.226. The standard InChI is InChI=1S/C22H28O5/c1-24-22(12-13-23)14-20(26-16-19-10-6-3-7-11-19)21(27-22)17-25-15-18-8-4-2-5-9-18/h2-11,20-21,23H,12-17H2,1H3/t20-,21+,22-/m0/s1. The first-order valence-corrected chi connectivity index (χ1v) is 9.36. The zero-order chi connectivity index (χ0) is 19.0. The summed E-state index contributed by atoms with van der Waals surface area (Å²) in [5.74, 6) is -0.823. The number of aliphatic hydroxyl groups excluding tert-OH is 1. The molecule has 1 heterocycles. The largest absolute Gasteiger partial charge is 0.396 e. The van der Waals surface area contributed by atoms with Crippen molar-refractivity contribution in [2.75, 3.05) is 20.3 Å². The molecule has 1 saturated heterocycles. The predicted octanol–water partition coefficient (Wildman–Crippen LogP) is 3.30. The summed E-state index contributed by atoms with van der Waals surface area (Å²) in [6.07, 6.45) is 0.566. The maximum absolute atomic E-state index is 9.40. The number of hydrogen-bond acceptors (Lipinski definition) is 5. The summed E-state index contributed by atoms with van der Waals surface area (Å²) in [5.41, 5.74) is 2.23. The monoisotopic (exact) mass is 372 g/mol. The van der Waals surface area contributed by atoms with Crippen LogP contribution in [-0.4, -0.2) is 43.4 Å². The molecule has 5 nitrogen and oxygen atoms in total. The Bertz CT molecular complexity index is 663. The van der Waals surface area contributed by atoms with Crippen LogP contribution in [0.4, 0.5) is 0 Å². The van der Waals surface area contributed by atoms with E-state index in [1.54, 1.807) is 7.11 Å². The number of methoxy groups -OCH3 is 1. The molecule has 0 aromatic heterocycles. The van der Waals surface area contributed by atoms with Crippen LogP contribution in [0.5, 0.6) is 0 Å². The van der Waals surface area contributed by atoms with Gasteiger partial charge in [0.1, 0.15) is 6.10 Å². The second kappa shape index (κ2) is 9.97. The third-order valence-electron chi connectivity index (χ3n) is 4.86. The Morgan fingerprint density at radius 3 is 2.22 bits per heavy atom. The van der Waals surface area contributed by atoms with Crippen molar-refractivity contribution in [3.8, 4) is 0 Å². The van der Waals surface area contributed by atoms with Crippen LogP contribution in [0.2, 0.25) is 0 Å². The minimum Gasteiger partial charge on any atom is -0.396 e. The van der Waals surface area contributed by atoms with Crippen LogP contribution in [0.3, 0.4) is 0 Å². The highest BCUT2D eigenvalue weighted by molar-refractivity contribution is 5.14. The maximum Gasteiger partial charge on any atom is 0.173 e. The quantitative estimate of drug-likeness (QED) is 0.693. The summed E-state index contributed by atoms with van der Waals surface area (Å²) >= 11 is 0. The van der Waals surface area contributed by atoms with Gasteiger partial charge in [0, 0.05) is 26.6 Å². The van der Waals surface area contributed by atoms with E-state index in [0.717, 1.165) is 11.1 Å². The lowest BCUT2D eigenvalue weighted by atomic mass is 10.1. The van der Waals surface area contributed by atoms with Crippen molar-refractivity contribution in [2.24, 2.45) is 0 Å². The van der Waals surface area contributed by atoms with Crippen LogP contribution < -0.4 is 0 Å². The fourth-order valence-electron chi connectivity index (χ4n) is 3.35. The Morgan fingerprint density at radius 2 is 1.63 bits per heavy atom. The Balaban J connectivity index is 1.59.